The molecule has 1 amide bonds. The molecule has 3 aromatic rings. The van der Waals surface area contributed by atoms with E-state index in [0.29, 0.717) is 12.1 Å². The molecule has 0 saturated carbocycles. The first kappa shape index (κ1) is 16.3. The number of hydrogen-bond donors (Lipinski definition) is 1. The minimum Gasteiger partial charge on any atom is -0.348 e. The number of nitrogens with zero attached hydrogens (tertiary/aromatic N) is 1. The molecule has 0 radical (unpaired) electrons. The zero-order valence-electron chi connectivity index (χ0n) is 13.4. The van der Waals surface area contributed by atoms with E-state index in [1.807, 2.05) is 73.7 Å². The van der Waals surface area contributed by atoms with E-state index < -0.39 is 0 Å². The number of aryl methyl sites for hydroxylation is 1. The van der Waals surface area contributed by atoms with Crippen molar-refractivity contribution in [1.82, 2.24) is 10.3 Å². The van der Waals surface area contributed by atoms with E-state index in [-0.39, 0.29) is 5.91 Å². The molecule has 0 spiro atoms. The highest BCUT2D eigenvalue weighted by Gasteiger charge is 2.06. The lowest BCUT2D eigenvalue weighted by Gasteiger charge is -2.08. The van der Waals surface area contributed by atoms with E-state index >= 15 is 0 Å². The summed E-state index contributed by atoms with van der Waals surface area (Å²) in [5.41, 5.74) is 2.97. The summed E-state index contributed by atoms with van der Waals surface area (Å²) in [6, 6.07) is 21.5. The normalized spacial score (nSPS) is 10.4. The van der Waals surface area contributed by atoms with E-state index in [0.717, 1.165) is 15.5 Å². The lowest BCUT2D eigenvalue weighted by molar-refractivity contribution is 0.0951. The van der Waals surface area contributed by atoms with Crippen LogP contribution >= 0.6 is 11.8 Å². The summed E-state index contributed by atoms with van der Waals surface area (Å²) in [4.78, 5) is 17.6. The molecule has 0 unspecified atom stereocenters. The van der Waals surface area contributed by atoms with Gasteiger partial charge in [-0.2, -0.15) is 0 Å². The predicted octanol–water partition coefficient (Wildman–Crippen LogP) is 4.47. The smallest absolute Gasteiger partial charge is 0.251 e. The summed E-state index contributed by atoms with van der Waals surface area (Å²) in [5.74, 6) is -0.0624. The van der Waals surface area contributed by atoms with Crippen LogP contribution in [0.25, 0.3) is 0 Å². The van der Waals surface area contributed by atoms with Gasteiger partial charge in [0.25, 0.3) is 5.91 Å². The zero-order chi connectivity index (χ0) is 16.8. The Bertz CT molecular complexity index is 817. The zero-order valence-corrected chi connectivity index (χ0v) is 14.2. The Balaban J connectivity index is 1.61. The molecule has 2 aromatic carbocycles. The molecular formula is C20H18N2OS. The van der Waals surface area contributed by atoms with Gasteiger partial charge in [-0.05, 0) is 54.4 Å². The van der Waals surface area contributed by atoms with Gasteiger partial charge in [-0.25, -0.2) is 4.98 Å². The Labute approximate surface area is 146 Å². The summed E-state index contributed by atoms with van der Waals surface area (Å²) in [5, 5.41) is 3.91. The van der Waals surface area contributed by atoms with Gasteiger partial charge in [-0.1, -0.05) is 42.1 Å². The molecule has 120 valence electrons. The predicted molar refractivity (Wildman–Crippen MR) is 97.2 cm³/mol. The maximum absolute atomic E-state index is 12.3. The highest BCUT2D eigenvalue weighted by molar-refractivity contribution is 7.99. The fraction of sp³-hybridized carbons (Fsp3) is 0.100. The topological polar surface area (TPSA) is 42.0 Å². The SMILES string of the molecule is Cc1ccccc1CNC(=O)c1ccc(Sc2ccccn2)cc1. The summed E-state index contributed by atoms with van der Waals surface area (Å²) in [6.45, 7) is 2.58. The number of nitrogens with one attached hydrogen (secondary N) is 1. The van der Waals surface area contributed by atoms with Crippen molar-refractivity contribution in [3.8, 4) is 0 Å². The van der Waals surface area contributed by atoms with E-state index in [2.05, 4.69) is 10.3 Å². The number of hydrogen-bond acceptors (Lipinski definition) is 3. The van der Waals surface area contributed by atoms with E-state index in [9.17, 15) is 4.79 Å². The molecule has 0 aliphatic heterocycles. The molecule has 0 atom stereocenters. The second kappa shape index (κ2) is 7.79. The van der Waals surface area contributed by atoms with E-state index in [1.54, 1.807) is 18.0 Å². The Morgan fingerprint density at radius 2 is 1.75 bits per heavy atom. The lowest BCUT2D eigenvalue weighted by atomic mass is 10.1. The first-order valence-corrected chi connectivity index (χ1v) is 8.56. The third kappa shape index (κ3) is 4.24. The van der Waals surface area contributed by atoms with Gasteiger partial charge >= 0.3 is 0 Å². The van der Waals surface area contributed by atoms with Crippen LogP contribution in [0.5, 0.6) is 0 Å². The fourth-order valence-corrected chi connectivity index (χ4v) is 3.06. The number of benzene rings is 2. The van der Waals surface area contributed by atoms with Crippen LogP contribution in [0.2, 0.25) is 0 Å². The van der Waals surface area contributed by atoms with Crippen LogP contribution in [0.3, 0.4) is 0 Å². The Morgan fingerprint density at radius 1 is 1.00 bits per heavy atom. The van der Waals surface area contributed by atoms with Crippen molar-refractivity contribution in [2.45, 2.75) is 23.4 Å². The molecule has 1 heterocycles. The fourth-order valence-electron chi connectivity index (χ4n) is 2.29. The van der Waals surface area contributed by atoms with Crippen LogP contribution in [0.4, 0.5) is 0 Å². The van der Waals surface area contributed by atoms with Crippen molar-refractivity contribution in [2.75, 3.05) is 0 Å². The lowest BCUT2D eigenvalue weighted by Crippen LogP contribution is -2.23. The maximum Gasteiger partial charge on any atom is 0.251 e. The number of amides is 1. The van der Waals surface area contributed by atoms with Crippen LogP contribution in [-0.2, 0) is 6.54 Å². The highest BCUT2D eigenvalue weighted by atomic mass is 32.2. The first-order chi connectivity index (χ1) is 11.7. The second-order valence-electron chi connectivity index (χ2n) is 5.40. The van der Waals surface area contributed by atoms with Crippen molar-refractivity contribution in [3.63, 3.8) is 0 Å². The summed E-state index contributed by atoms with van der Waals surface area (Å²) in [7, 11) is 0. The van der Waals surface area contributed by atoms with Crippen molar-refractivity contribution in [2.24, 2.45) is 0 Å². The number of aromatic nitrogens is 1. The maximum atomic E-state index is 12.3. The van der Waals surface area contributed by atoms with Crippen molar-refractivity contribution >= 4 is 17.7 Å². The Hall–Kier alpha value is -2.59. The average molecular weight is 334 g/mol. The Morgan fingerprint density at radius 3 is 2.46 bits per heavy atom. The van der Waals surface area contributed by atoms with Gasteiger partial charge in [-0.15, -0.1) is 0 Å². The largest absolute Gasteiger partial charge is 0.348 e. The summed E-state index contributed by atoms with van der Waals surface area (Å²) in [6.07, 6.45) is 1.77. The van der Waals surface area contributed by atoms with Crippen LogP contribution in [0.1, 0.15) is 21.5 Å². The van der Waals surface area contributed by atoms with Gasteiger partial charge in [0.05, 0.1) is 0 Å². The molecule has 0 fully saturated rings. The molecule has 0 aliphatic carbocycles. The number of pyridine rings is 1. The quantitative estimate of drug-likeness (QED) is 0.748. The molecule has 3 nitrogen and oxygen atoms in total. The van der Waals surface area contributed by atoms with Crippen LogP contribution in [0, 0.1) is 6.92 Å². The molecule has 1 aromatic heterocycles. The van der Waals surface area contributed by atoms with E-state index in [1.165, 1.54) is 5.56 Å². The third-order valence-corrected chi connectivity index (χ3v) is 4.64. The van der Waals surface area contributed by atoms with Gasteiger partial charge < -0.3 is 5.32 Å². The first-order valence-electron chi connectivity index (χ1n) is 7.74. The van der Waals surface area contributed by atoms with Crippen LogP contribution in [-0.4, -0.2) is 10.9 Å². The molecule has 24 heavy (non-hydrogen) atoms. The molecular weight excluding hydrogens is 316 g/mol. The van der Waals surface area contributed by atoms with Gasteiger partial charge in [0, 0.05) is 23.2 Å². The molecule has 0 bridgehead atoms. The highest BCUT2D eigenvalue weighted by Crippen LogP contribution is 2.25. The summed E-state index contributed by atoms with van der Waals surface area (Å²) >= 11 is 1.58. The minimum absolute atomic E-state index is 0.0624. The number of rotatable bonds is 5. The number of carbonyl (C=O) groups excluding carboxylic acids is 1. The van der Waals surface area contributed by atoms with Gasteiger partial charge in [0.15, 0.2) is 0 Å². The third-order valence-electron chi connectivity index (χ3n) is 3.68. The molecule has 3 rings (SSSR count). The van der Waals surface area contributed by atoms with Crippen molar-refractivity contribution in [1.29, 1.82) is 0 Å². The van der Waals surface area contributed by atoms with Crippen LogP contribution < -0.4 is 5.32 Å². The average Bonchev–Trinajstić information content (AvgIpc) is 2.62. The van der Waals surface area contributed by atoms with Crippen molar-refractivity contribution in [3.05, 3.63) is 89.6 Å². The standard InChI is InChI=1S/C20H18N2OS/c1-15-6-2-3-7-17(15)14-22-20(23)16-9-11-18(12-10-16)24-19-8-4-5-13-21-19/h2-13H,14H2,1H3,(H,22,23). The second-order valence-corrected chi connectivity index (χ2v) is 6.50. The number of carbonyl (C=O) groups is 1. The Kier molecular flexibility index (Phi) is 5.29. The van der Waals surface area contributed by atoms with E-state index in [4.69, 9.17) is 0 Å². The van der Waals surface area contributed by atoms with Crippen LogP contribution in [0.15, 0.2) is 82.8 Å². The molecule has 0 aliphatic rings. The molecule has 0 saturated heterocycles. The van der Waals surface area contributed by atoms with Gasteiger partial charge in [0.1, 0.15) is 5.03 Å². The minimum atomic E-state index is -0.0624. The molecule has 1 N–H and O–H groups in total. The van der Waals surface area contributed by atoms with Gasteiger partial charge in [-0.3, -0.25) is 4.79 Å². The van der Waals surface area contributed by atoms with Gasteiger partial charge in [0.2, 0.25) is 0 Å². The summed E-state index contributed by atoms with van der Waals surface area (Å²) < 4.78 is 0. The molecule has 4 heteroatoms. The monoisotopic (exact) mass is 334 g/mol. The van der Waals surface area contributed by atoms with Crippen molar-refractivity contribution < 1.29 is 4.79 Å².